The largest absolute Gasteiger partial charge is 0.496 e. The van der Waals surface area contributed by atoms with E-state index in [2.05, 4.69) is 13.8 Å². The molecule has 0 aliphatic carbocycles. The number of ketones is 1. The van der Waals surface area contributed by atoms with E-state index in [9.17, 15) is 9.18 Å². The molecule has 0 fully saturated rings. The summed E-state index contributed by atoms with van der Waals surface area (Å²) in [6.07, 6.45) is 2.10. The van der Waals surface area contributed by atoms with E-state index in [0.717, 1.165) is 12.8 Å². The summed E-state index contributed by atoms with van der Waals surface area (Å²) in [7, 11) is 3.39. The van der Waals surface area contributed by atoms with Crippen LogP contribution < -0.4 is 4.74 Å². The molecule has 106 valence electrons. The Kier molecular flexibility index (Phi) is 5.96. The van der Waals surface area contributed by atoms with E-state index in [4.69, 9.17) is 4.74 Å². The van der Waals surface area contributed by atoms with Gasteiger partial charge in [0, 0.05) is 6.04 Å². The number of likely N-dealkylation sites (N-methyl/N-ethyl adjacent to an activating group) is 1. The summed E-state index contributed by atoms with van der Waals surface area (Å²) in [5, 5.41) is 0. The van der Waals surface area contributed by atoms with Crippen molar-refractivity contribution in [3.63, 3.8) is 0 Å². The van der Waals surface area contributed by atoms with Crippen LogP contribution in [-0.4, -0.2) is 37.4 Å². The Morgan fingerprint density at radius 1 is 1.47 bits per heavy atom. The normalized spacial score (nSPS) is 12.5. The fourth-order valence-electron chi connectivity index (χ4n) is 2.00. The van der Waals surface area contributed by atoms with E-state index < -0.39 is 5.82 Å². The van der Waals surface area contributed by atoms with E-state index in [-0.39, 0.29) is 12.3 Å². The van der Waals surface area contributed by atoms with Gasteiger partial charge in [0.2, 0.25) is 0 Å². The molecular weight excluding hydrogens is 245 g/mol. The lowest BCUT2D eigenvalue weighted by Crippen LogP contribution is -2.34. The maximum atomic E-state index is 13.2. The molecule has 0 saturated carbocycles. The lowest BCUT2D eigenvalue weighted by Gasteiger charge is -2.23. The molecular formula is C15H22FNO2. The van der Waals surface area contributed by atoms with Crippen LogP contribution in [0.25, 0.3) is 0 Å². The number of hydrogen-bond acceptors (Lipinski definition) is 3. The van der Waals surface area contributed by atoms with Gasteiger partial charge in [-0.2, -0.15) is 0 Å². The number of methoxy groups -OCH3 is 1. The maximum absolute atomic E-state index is 13.2. The second-order valence-corrected chi connectivity index (χ2v) is 4.82. The molecule has 1 aromatic carbocycles. The molecule has 19 heavy (non-hydrogen) atoms. The van der Waals surface area contributed by atoms with Crippen molar-refractivity contribution in [1.82, 2.24) is 4.90 Å². The Bertz CT molecular complexity index is 434. The first-order valence-corrected chi connectivity index (χ1v) is 6.56. The van der Waals surface area contributed by atoms with Crippen LogP contribution in [-0.2, 0) is 0 Å². The molecule has 0 heterocycles. The second-order valence-electron chi connectivity index (χ2n) is 4.82. The average Bonchev–Trinajstić information content (AvgIpc) is 2.38. The number of carbonyl (C=O) groups is 1. The lowest BCUT2D eigenvalue weighted by atomic mass is 10.1. The molecule has 1 atom stereocenters. The fourth-order valence-corrected chi connectivity index (χ4v) is 2.00. The van der Waals surface area contributed by atoms with Gasteiger partial charge < -0.3 is 4.74 Å². The fraction of sp³-hybridized carbons (Fsp3) is 0.533. The highest BCUT2D eigenvalue weighted by atomic mass is 19.1. The molecule has 0 spiro atoms. The number of nitrogens with zero attached hydrogens (tertiary/aromatic N) is 1. The van der Waals surface area contributed by atoms with E-state index in [0.29, 0.717) is 17.4 Å². The summed E-state index contributed by atoms with van der Waals surface area (Å²) in [5.74, 6) is -0.127. The van der Waals surface area contributed by atoms with Gasteiger partial charge in [-0.3, -0.25) is 9.69 Å². The van der Waals surface area contributed by atoms with Crippen LogP contribution in [0.2, 0.25) is 0 Å². The Morgan fingerprint density at radius 2 is 2.16 bits per heavy atom. The van der Waals surface area contributed by atoms with Gasteiger partial charge in [0.05, 0.1) is 19.2 Å². The molecule has 0 aromatic heterocycles. The SMILES string of the molecule is CCCC(C)N(C)CC(=O)c1cc(F)ccc1OC. The molecule has 3 nitrogen and oxygen atoms in total. The zero-order chi connectivity index (χ0) is 14.4. The minimum atomic E-state index is -0.423. The molecule has 0 saturated heterocycles. The maximum Gasteiger partial charge on any atom is 0.180 e. The van der Waals surface area contributed by atoms with Crippen LogP contribution in [0.1, 0.15) is 37.0 Å². The first kappa shape index (κ1) is 15.6. The minimum absolute atomic E-state index is 0.123. The first-order valence-electron chi connectivity index (χ1n) is 6.56. The Labute approximate surface area is 114 Å². The summed E-state index contributed by atoms with van der Waals surface area (Å²) in [6, 6.07) is 4.34. The van der Waals surface area contributed by atoms with Crippen LogP contribution in [0.3, 0.4) is 0 Å². The van der Waals surface area contributed by atoms with Gasteiger partial charge in [0.1, 0.15) is 11.6 Å². The average molecular weight is 267 g/mol. The summed E-state index contributed by atoms with van der Waals surface area (Å²) in [6.45, 7) is 4.46. The molecule has 0 amide bonds. The molecule has 0 aliphatic rings. The smallest absolute Gasteiger partial charge is 0.180 e. The number of benzene rings is 1. The van der Waals surface area contributed by atoms with Crippen LogP contribution in [0, 0.1) is 5.82 Å². The molecule has 1 aromatic rings. The summed E-state index contributed by atoms with van der Waals surface area (Å²) < 4.78 is 18.3. The third-order valence-corrected chi connectivity index (χ3v) is 3.31. The number of hydrogen-bond donors (Lipinski definition) is 0. The van der Waals surface area contributed by atoms with Crippen molar-refractivity contribution in [2.24, 2.45) is 0 Å². The third kappa shape index (κ3) is 4.31. The van der Waals surface area contributed by atoms with E-state index >= 15 is 0 Å². The van der Waals surface area contributed by atoms with Gasteiger partial charge in [-0.05, 0) is 38.6 Å². The third-order valence-electron chi connectivity index (χ3n) is 3.31. The van der Waals surface area contributed by atoms with Gasteiger partial charge in [0.15, 0.2) is 5.78 Å². The predicted octanol–water partition coefficient (Wildman–Crippen LogP) is 3.14. The van der Waals surface area contributed by atoms with Gasteiger partial charge >= 0.3 is 0 Å². The lowest BCUT2D eigenvalue weighted by molar-refractivity contribution is 0.0918. The van der Waals surface area contributed by atoms with Gasteiger partial charge in [-0.15, -0.1) is 0 Å². The minimum Gasteiger partial charge on any atom is -0.496 e. The predicted molar refractivity (Wildman–Crippen MR) is 74.3 cm³/mol. The standard InChI is InChI=1S/C15H22FNO2/c1-5-6-11(2)17(3)10-14(18)13-9-12(16)7-8-15(13)19-4/h7-9,11H,5-6,10H2,1-4H3. The number of Topliss-reactive ketones (excluding diaryl/α,β-unsaturated/α-hetero) is 1. The number of rotatable bonds is 7. The molecule has 4 heteroatoms. The summed E-state index contributed by atoms with van der Waals surface area (Å²) in [5.41, 5.74) is 0.304. The Hall–Kier alpha value is -1.42. The Morgan fingerprint density at radius 3 is 2.74 bits per heavy atom. The van der Waals surface area contributed by atoms with Crippen molar-refractivity contribution in [2.45, 2.75) is 32.7 Å². The number of halogens is 1. The van der Waals surface area contributed by atoms with E-state index in [1.165, 1.54) is 25.3 Å². The molecule has 0 N–H and O–H groups in total. The van der Waals surface area contributed by atoms with Crippen LogP contribution in [0.15, 0.2) is 18.2 Å². The molecule has 1 rings (SSSR count). The summed E-state index contributed by atoms with van der Waals surface area (Å²) in [4.78, 5) is 14.2. The van der Waals surface area contributed by atoms with E-state index in [1.807, 2.05) is 11.9 Å². The van der Waals surface area contributed by atoms with Crippen LogP contribution in [0.5, 0.6) is 5.75 Å². The number of carbonyl (C=O) groups excluding carboxylic acids is 1. The first-order chi connectivity index (χ1) is 8.99. The molecule has 1 unspecified atom stereocenters. The number of ether oxygens (including phenoxy) is 1. The van der Waals surface area contributed by atoms with Crippen molar-refractivity contribution in [3.8, 4) is 5.75 Å². The quantitative estimate of drug-likeness (QED) is 0.711. The topological polar surface area (TPSA) is 29.5 Å². The second kappa shape index (κ2) is 7.24. The van der Waals surface area contributed by atoms with Crippen molar-refractivity contribution in [1.29, 1.82) is 0 Å². The van der Waals surface area contributed by atoms with Crippen molar-refractivity contribution < 1.29 is 13.9 Å². The molecule has 0 aliphatic heterocycles. The van der Waals surface area contributed by atoms with Gasteiger partial charge in [0.25, 0.3) is 0 Å². The van der Waals surface area contributed by atoms with Gasteiger partial charge in [-0.25, -0.2) is 4.39 Å². The summed E-state index contributed by atoms with van der Waals surface area (Å²) >= 11 is 0. The Balaban J connectivity index is 2.80. The van der Waals surface area contributed by atoms with Crippen molar-refractivity contribution >= 4 is 5.78 Å². The van der Waals surface area contributed by atoms with Crippen LogP contribution in [0.4, 0.5) is 4.39 Å². The highest BCUT2D eigenvalue weighted by Crippen LogP contribution is 2.20. The highest BCUT2D eigenvalue weighted by Gasteiger charge is 2.17. The van der Waals surface area contributed by atoms with Gasteiger partial charge in [-0.1, -0.05) is 13.3 Å². The van der Waals surface area contributed by atoms with Crippen molar-refractivity contribution in [3.05, 3.63) is 29.6 Å². The zero-order valence-corrected chi connectivity index (χ0v) is 12.1. The van der Waals surface area contributed by atoms with Crippen molar-refractivity contribution in [2.75, 3.05) is 20.7 Å². The zero-order valence-electron chi connectivity index (χ0n) is 12.1. The highest BCUT2D eigenvalue weighted by molar-refractivity contribution is 6.00. The van der Waals surface area contributed by atoms with E-state index in [1.54, 1.807) is 0 Å². The molecule has 0 radical (unpaired) electrons. The monoisotopic (exact) mass is 267 g/mol. The van der Waals surface area contributed by atoms with Crippen LogP contribution >= 0.6 is 0 Å². The molecule has 0 bridgehead atoms.